The number of ether oxygens (including phenoxy) is 1. The molecule has 2 atom stereocenters. The van der Waals surface area contributed by atoms with E-state index in [1.54, 1.807) is 6.07 Å². The molecular formula is C13H17Cl2NO. The highest BCUT2D eigenvalue weighted by molar-refractivity contribution is 6.35. The zero-order valence-corrected chi connectivity index (χ0v) is 11.6. The number of hydrogen-bond donors (Lipinski definition) is 1. The first-order valence-corrected chi connectivity index (χ1v) is 6.58. The minimum absolute atomic E-state index is 0.0924. The summed E-state index contributed by atoms with van der Waals surface area (Å²) in [6.45, 7) is 2.95. The van der Waals surface area contributed by atoms with Crippen molar-refractivity contribution < 1.29 is 4.74 Å². The maximum atomic E-state index is 6.26. The second-order valence-corrected chi connectivity index (χ2v) is 5.50. The van der Waals surface area contributed by atoms with Crippen LogP contribution in [0.1, 0.15) is 31.4 Å². The van der Waals surface area contributed by atoms with E-state index in [0.717, 1.165) is 25.0 Å². The number of halogens is 2. The summed E-state index contributed by atoms with van der Waals surface area (Å²) < 4.78 is 5.88. The van der Waals surface area contributed by atoms with Gasteiger partial charge in [-0.2, -0.15) is 0 Å². The van der Waals surface area contributed by atoms with Crippen molar-refractivity contribution in [3.8, 4) is 0 Å². The normalized spacial score (nSPS) is 26.1. The molecule has 0 amide bonds. The number of likely N-dealkylation sites (N-methyl/N-ethyl adjacent to an activating group) is 1. The van der Waals surface area contributed by atoms with Crippen LogP contribution in [0.25, 0.3) is 0 Å². The van der Waals surface area contributed by atoms with Crippen molar-refractivity contribution in [1.82, 2.24) is 5.32 Å². The lowest BCUT2D eigenvalue weighted by atomic mass is 9.88. The van der Waals surface area contributed by atoms with Crippen LogP contribution < -0.4 is 5.32 Å². The third-order valence-corrected chi connectivity index (χ3v) is 3.98. The summed E-state index contributed by atoms with van der Waals surface area (Å²) in [6, 6.07) is 5.71. The van der Waals surface area contributed by atoms with Crippen molar-refractivity contribution in [3.05, 3.63) is 33.8 Å². The molecule has 1 aromatic rings. The third kappa shape index (κ3) is 2.60. The van der Waals surface area contributed by atoms with E-state index in [2.05, 4.69) is 12.2 Å². The Morgan fingerprint density at radius 2 is 2.18 bits per heavy atom. The Balaban J connectivity index is 2.34. The van der Waals surface area contributed by atoms with Crippen LogP contribution in [0, 0.1) is 0 Å². The van der Waals surface area contributed by atoms with Crippen LogP contribution >= 0.6 is 23.2 Å². The maximum Gasteiger partial charge on any atom is 0.0849 e. The molecule has 1 saturated heterocycles. The molecule has 94 valence electrons. The zero-order valence-electron chi connectivity index (χ0n) is 10.1. The van der Waals surface area contributed by atoms with E-state index < -0.39 is 0 Å². The standard InChI is InChI=1S/C13H17Cl2NO/c1-13(6-3-7-17-13)12(16-2)10-5-4-9(14)8-11(10)15/h4-5,8,12,16H,3,6-7H2,1-2H3. The van der Waals surface area contributed by atoms with Gasteiger partial charge in [0.25, 0.3) is 0 Å². The van der Waals surface area contributed by atoms with Gasteiger partial charge in [0.2, 0.25) is 0 Å². The summed E-state index contributed by atoms with van der Waals surface area (Å²) in [6.07, 6.45) is 2.14. The second-order valence-electron chi connectivity index (χ2n) is 4.65. The molecule has 2 unspecified atom stereocenters. The summed E-state index contributed by atoms with van der Waals surface area (Å²) in [4.78, 5) is 0. The highest BCUT2D eigenvalue weighted by Gasteiger charge is 2.39. The number of rotatable bonds is 3. The smallest absolute Gasteiger partial charge is 0.0849 e. The van der Waals surface area contributed by atoms with Crippen LogP contribution in [-0.4, -0.2) is 19.3 Å². The SMILES string of the molecule is CNC(c1ccc(Cl)cc1Cl)C1(C)CCCO1. The summed E-state index contributed by atoms with van der Waals surface area (Å²) in [5.41, 5.74) is 0.856. The van der Waals surface area contributed by atoms with E-state index in [9.17, 15) is 0 Å². The Hall–Kier alpha value is -0.280. The van der Waals surface area contributed by atoms with Gasteiger partial charge in [0.1, 0.15) is 0 Å². The summed E-state index contributed by atoms with van der Waals surface area (Å²) in [5.74, 6) is 0. The fourth-order valence-electron chi connectivity index (χ4n) is 2.55. The van der Waals surface area contributed by atoms with Crippen LogP contribution in [0.15, 0.2) is 18.2 Å². The molecule has 1 aliphatic heterocycles. The Kier molecular flexibility index (Phi) is 3.99. The molecule has 1 N–H and O–H groups in total. The van der Waals surface area contributed by atoms with Gasteiger partial charge in [0.05, 0.1) is 11.6 Å². The van der Waals surface area contributed by atoms with Crippen LogP contribution in [0.5, 0.6) is 0 Å². The Labute approximate surface area is 112 Å². The van der Waals surface area contributed by atoms with E-state index in [1.807, 2.05) is 19.2 Å². The van der Waals surface area contributed by atoms with Crippen LogP contribution in [-0.2, 0) is 4.74 Å². The molecular weight excluding hydrogens is 257 g/mol. The van der Waals surface area contributed by atoms with E-state index in [0.29, 0.717) is 10.0 Å². The first-order chi connectivity index (χ1) is 8.07. The van der Waals surface area contributed by atoms with Gasteiger partial charge in [0, 0.05) is 16.7 Å². The maximum absolute atomic E-state index is 6.26. The Morgan fingerprint density at radius 3 is 2.71 bits per heavy atom. The van der Waals surface area contributed by atoms with E-state index in [4.69, 9.17) is 27.9 Å². The summed E-state index contributed by atoms with van der Waals surface area (Å²) >= 11 is 12.2. The fraction of sp³-hybridized carbons (Fsp3) is 0.538. The minimum atomic E-state index is -0.188. The van der Waals surface area contributed by atoms with Gasteiger partial charge in [-0.1, -0.05) is 29.3 Å². The zero-order chi connectivity index (χ0) is 12.5. The average Bonchev–Trinajstić information content (AvgIpc) is 2.70. The molecule has 2 nitrogen and oxygen atoms in total. The molecule has 0 aromatic heterocycles. The molecule has 0 radical (unpaired) electrons. The van der Waals surface area contributed by atoms with Crippen molar-refractivity contribution in [3.63, 3.8) is 0 Å². The Bertz CT molecular complexity index is 402. The van der Waals surface area contributed by atoms with Crippen LogP contribution in [0.2, 0.25) is 10.0 Å². The lowest BCUT2D eigenvalue weighted by molar-refractivity contribution is -0.0104. The van der Waals surface area contributed by atoms with Crippen molar-refractivity contribution in [2.75, 3.05) is 13.7 Å². The molecule has 1 aliphatic rings. The molecule has 0 saturated carbocycles. The monoisotopic (exact) mass is 273 g/mol. The van der Waals surface area contributed by atoms with Gasteiger partial charge < -0.3 is 10.1 Å². The third-order valence-electron chi connectivity index (χ3n) is 3.42. The van der Waals surface area contributed by atoms with Gasteiger partial charge in [0.15, 0.2) is 0 Å². The minimum Gasteiger partial charge on any atom is -0.373 e. The first kappa shape index (κ1) is 13.2. The quantitative estimate of drug-likeness (QED) is 0.904. The largest absolute Gasteiger partial charge is 0.373 e. The topological polar surface area (TPSA) is 21.3 Å². The van der Waals surface area contributed by atoms with Gasteiger partial charge in [-0.05, 0) is 44.5 Å². The number of nitrogens with one attached hydrogen (secondary N) is 1. The summed E-state index contributed by atoms with van der Waals surface area (Å²) in [7, 11) is 1.93. The molecule has 2 rings (SSSR count). The van der Waals surface area contributed by atoms with Gasteiger partial charge >= 0.3 is 0 Å². The predicted molar refractivity (Wildman–Crippen MR) is 71.9 cm³/mol. The molecule has 1 fully saturated rings. The fourth-order valence-corrected chi connectivity index (χ4v) is 3.07. The Morgan fingerprint density at radius 1 is 1.41 bits per heavy atom. The predicted octanol–water partition coefficient (Wildman–Crippen LogP) is 3.82. The summed E-state index contributed by atoms with van der Waals surface area (Å²) in [5, 5.41) is 4.66. The molecule has 1 heterocycles. The van der Waals surface area contributed by atoms with Crippen molar-refractivity contribution in [2.24, 2.45) is 0 Å². The van der Waals surface area contributed by atoms with Crippen LogP contribution in [0.3, 0.4) is 0 Å². The highest BCUT2D eigenvalue weighted by Crippen LogP contribution is 2.40. The molecule has 0 spiro atoms. The van der Waals surface area contributed by atoms with E-state index >= 15 is 0 Å². The number of hydrogen-bond acceptors (Lipinski definition) is 2. The van der Waals surface area contributed by atoms with Crippen LogP contribution in [0.4, 0.5) is 0 Å². The van der Waals surface area contributed by atoms with Gasteiger partial charge in [-0.15, -0.1) is 0 Å². The van der Waals surface area contributed by atoms with E-state index in [-0.39, 0.29) is 11.6 Å². The molecule has 17 heavy (non-hydrogen) atoms. The first-order valence-electron chi connectivity index (χ1n) is 5.83. The second kappa shape index (κ2) is 5.15. The average molecular weight is 274 g/mol. The van der Waals surface area contributed by atoms with E-state index in [1.165, 1.54) is 0 Å². The highest BCUT2D eigenvalue weighted by atomic mass is 35.5. The molecule has 0 bridgehead atoms. The van der Waals surface area contributed by atoms with Gasteiger partial charge in [-0.25, -0.2) is 0 Å². The van der Waals surface area contributed by atoms with Gasteiger partial charge in [-0.3, -0.25) is 0 Å². The van der Waals surface area contributed by atoms with Crippen molar-refractivity contribution in [2.45, 2.75) is 31.4 Å². The lowest BCUT2D eigenvalue weighted by Gasteiger charge is -2.34. The lowest BCUT2D eigenvalue weighted by Crippen LogP contribution is -2.39. The van der Waals surface area contributed by atoms with Crippen molar-refractivity contribution >= 4 is 23.2 Å². The molecule has 0 aliphatic carbocycles. The number of benzene rings is 1. The van der Waals surface area contributed by atoms with Crippen molar-refractivity contribution in [1.29, 1.82) is 0 Å². The molecule has 1 aromatic carbocycles. The molecule has 4 heteroatoms.